The molecule has 0 radical (unpaired) electrons. The van der Waals surface area contributed by atoms with Crippen LogP contribution in [-0.4, -0.2) is 19.5 Å². The second kappa shape index (κ2) is 5.62. The largest absolute Gasteiger partial charge is 0.311 e. The lowest BCUT2D eigenvalue weighted by Gasteiger charge is -2.07. The quantitative estimate of drug-likeness (QED) is 0.709. The summed E-state index contributed by atoms with van der Waals surface area (Å²) in [7, 11) is 1.72. The van der Waals surface area contributed by atoms with E-state index in [9.17, 15) is 4.79 Å². The van der Waals surface area contributed by atoms with Gasteiger partial charge in [-0.05, 0) is 31.3 Å². The van der Waals surface area contributed by atoms with Gasteiger partial charge in [-0.25, -0.2) is 0 Å². The van der Waals surface area contributed by atoms with Gasteiger partial charge in [0.1, 0.15) is 0 Å². The standard InChI is InChI=1S/C9H12BrN3O/c1-11-6-9(14)13-12-8-4-2-7(10)3-5-8/h2-5,11-12H,6H2,1H3,(H,13,14). The lowest BCUT2D eigenvalue weighted by Crippen LogP contribution is -2.35. The third kappa shape index (κ3) is 3.76. The summed E-state index contributed by atoms with van der Waals surface area (Å²) in [5, 5.41) is 2.75. The van der Waals surface area contributed by atoms with E-state index in [-0.39, 0.29) is 5.91 Å². The molecule has 1 rings (SSSR count). The van der Waals surface area contributed by atoms with Crippen LogP contribution < -0.4 is 16.2 Å². The van der Waals surface area contributed by atoms with Crippen LogP contribution in [0, 0.1) is 0 Å². The van der Waals surface area contributed by atoms with Crippen LogP contribution in [0.25, 0.3) is 0 Å². The first-order chi connectivity index (χ1) is 6.72. The Kier molecular flexibility index (Phi) is 4.42. The van der Waals surface area contributed by atoms with Crippen LogP contribution in [-0.2, 0) is 4.79 Å². The van der Waals surface area contributed by atoms with Crippen LogP contribution in [0.15, 0.2) is 28.7 Å². The molecular weight excluding hydrogens is 246 g/mol. The monoisotopic (exact) mass is 257 g/mol. The number of carbonyl (C=O) groups excluding carboxylic acids is 1. The number of carbonyl (C=O) groups is 1. The first-order valence-corrected chi connectivity index (χ1v) is 4.96. The molecule has 0 fully saturated rings. The Bertz CT molecular complexity index is 299. The van der Waals surface area contributed by atoms with Gasteiger partial charge in [-0.2, -0.15) is 0 Å². The molecule has 1 aromatic carbocycles. The predicted molar refractivity (Wildman–Crippen MR) is 59.8 cm³/mol. The van der Waals surface area contributed by atoms with Crippen molar-refractivity contribution >= 4 is 27.5 Å². The highest BCUT2D eigenvalue weighted by molar-refractivity contribution is 9.10. The Hall–Kier alpha value is -1.07. The highest BCUT2D eigenvalue weighted by Gasteiger charge is 1.97. The van der Waals surface area contributed by atoms with Gasteiger partial charge in [-0.1, -0.05) is 15.9 Å². The molecule has 1 aromatic rings. The molecule has 3 N–H and O–H groups in total. The van der Waals surface area contributed by atoms with Gasteiger partial charge in [-0.15, -0.1) is 0 Å². The van der Waals surface area contributed by atoms with Crippen molar-refractivity contribution in [1.82, 2.24) is 10.7 Å². The van der Waals surface area contributed by atoms with Crippen molar-refractivity contribution in [2.24, 2.45) is 0 Å². The van der Waals surface area contributed by atoms with Crippen molar-refractivity contribution in [2.45, 2.75) is 0 Å². The third-order valence-corrected chi connectivity index (χ3v) is 2.06. The molecule has 0 aliphatic carbocycles. The Morgan fingerprint density at radius 1 is 1.36 bits per heavy atom. The van der Waals surface area contributed by atoms with Crippen LogP contribution in [0.2, 0.25) is 0 Å². The Morgan fingerprint density at radius 2 is 2.00 bits per heavy atom. The van der Waals surface area contributed by atoms with Crippen LogP contribution in [0.1, 0.15) is 0 Å². The zero-order chi connectivity index (χ0) is 10.4. The molecular formula is C9H12BrN3O. The van der Waals surface area contributed by atoms with Crippen molar-refractivity contribution in [3.05, 3.63) is 28.7 Å². The maximum atomic E-state index is 11.0. The van der Waals surface area contributed by atoms with Gasteiger partial charge < -0.3 is 5.32 Å². The summed E-state index contributed by atoms with van der Waals surface area (Å²) < 4.78 is 1.00. The normalized spacial score (nSPS) is 9.57. The number of benzene rings is 1. The minimum atomic E-state index is -0.101. The number of halogens is 1. The first-order valence-electron chi connectivity index (χ1n) is 4.17. The first kappa shape index (κ1) is 11.0. The van der Waals surface area contributed by atoms with Crippen LogP contribution in [0.3, 0.4) is 0 Å². The van der Waals surface area contributed by atoms with Gasteiger partial charge in [0.05, 0.1) is 12.2 Å². The Balaban J connectivity index is 2.38. The second-order valence-electron chi connectivity index (χ2n) is 2.71. The van der Waals surface area contributed by atoms with E-state index in [0.717, 1.165) is 10.2 Å². The average molecular weight is 258 g/mol. The number of hydrazine groups is 1. The fraction of sp³-hybridized carbons (Fsp3) is 0.222. The van der Waals surface area contributed by atoms with Crippen molar-refractivity contribution in [3.8, 4) is 0 Å². The van der Waals surface area contributed by atoms with Crippen molar-refractivity contribution in [2.75, 3.05) is 19.0 Å². The van der Waals surface area contributed by atoms with E-state index in [1.54, 1.807) is 7.05 Å². The fourth-order valence-corrected chi connectivity index (χ4v) is 1.14. The van der Waals surface area contributed by atoms with Crippen LogP contribution >= 0.6 is 15.9 Å². The summed E-state index contributed by atoms with van der Waals surface area (Å²) in [6.45, 7) is 0.295. The summed E-state index contributed by atoms with van der Waals surface area (Å²) >= 11 is 3.33. The Morgan fingerprint density at radius 3 is 2.57 bits per heavy atom. The summed E-state index contributed by atoms with van der Waals surface area (Å²) in [6, 6.07) is 7.52. The minimum Gasteiger partial charge on any atom is -0.311 e. The molecule has 76 valence electrons. The molecule has 0 aliphatic heterocycles. The number of hydrogen-bond acceptors (Lipinski definition) is 3. The smallest absolute Gasteiger partial charge is 0.252 e. The Labute approximate surface area is 91.2 Å². The fourth-order valence-electron chi connectivity index (χ4n) is 0.880. The van der Waals surface area contributed by atoms with E-state index in [4.69, 9.17) is 0 Å². The van der Waals surface area contributed by atoms with E-state index in [1.807, 2.05) is 24.3 Å². The predicted octanol–water partition coefficient (Wildman–Crippen LogP) is 1.11. The molecule has 0 spiro atoms. The number of hydrogen-bond donors (Lipinski definition) is 3. The highest BCUT2D eigenvalue weighted by Crippen LogP contribution is 2.12. The summed E-state index contributed by atoms with van der Waals surface area (Å²) in [6.07, 6.45) is 0. The number of likely N-dealkylation sites (N-methyl/N-ethyl adjacent to an activating group) is 1. The average Bonchev–Trinajstić information content (AvgIpc) is 2.17. The van der Waals surface area contributed by atoms with Crippen LogP contribution in [0.4, 0.5) is 5.69 Å². The molecule has 0 bridgehead atoms. The van der Waals surface area contributed by atoms with E-state index in [2.05, 4.69) is 32.1 Å². The zero-order valence-corrected chi connectivity index (χ0v) is 9.39. The van der Waals surface area contributed by atoms with E-state index in [1.165, 1.54) is 0 Å². The minimum absolute atomic E-state index is 0.101. The number of anilines is 1. The summed E-state index contributed by atoms with van der Waals surface area (Å²) in [5.74, 6) is -0.101. The molecule has 0 atom stereocenters. The second-order valence-corrected chi connectivity index (χ2v) is 3.63. The maximum Gasteiger partial charge on any atom is 0.252 e. The lowest BCUT2D eigenvalue weighted by atomic mass is 10.3. The van der Waals surface area contributed by atoms with E-state index >= 15 is 0 Å². The molecule has 5 heteroatoms. The SMILES string of the molecule is CNCC(=O)NNc1ccc(Br)cc1. The lowest BCUT2D eigenvalue weighted by molar-refractivity contribution is -0.119. The van der Waals surface area contributed by atoms with Crippen LogP contribution in [0.5, 0.6) is 0 Å². The van der Waals surface area contributed by atoms with Gasteiger partial charge in [0.25, 0.3) is 5.91 Å². The van der Waals surface area contributed by atoms with Gasteiger partial charge in [-0.3, -0.25) is 15.6 Å². The van der Waals surface area contributed by atoms with Gasteiger partial charge in [0.15, 0.2) is 0 Å². The molecule has 0 unspecified atom stereocenters. The molecule has 14 heavy (non-hydrogen) atoms. The van der Waals surface area contributed by atoms with E-state index in [0.29, 0.717) is 6.54 Å². The van der Waals surface area contributed by atoms with E-state index < -0.39 is 0 Å². The maximum absolute atomic E-state index is 11.0. The van der Waals surface area contributed by atoms with Gasteiger partial charge in [0, 0.05) is 4.47 Å². The van der Waals surface area contributed by atoms with Gasteiger partial charge >= 0.3 is 0 Å². The molecule has 1 amide bonds. The molecule has 0 aliphatic rings. The highest BCUT2D eigenvalue weighted by atomic mass is 79.9. The molecule has 0 heterocycles. The van der Waals surface area contributed by atoms with Gasteiger partial charge in [0.2, 0.25) is 0 Å². The molecule has 4 nitrogen and oxygen atoms in total. The van der Waals surface area contributed by atoms with Crippen molar-refractivity contribution in [1.29, 1.82) is 0 Å². The van der Waals surface area contributed by atoms with Crippen molar-refractivity contribution in [3.63, 3.8) is 0 Å². The summed E-state index contributed by atoms with van der Waals surface area (Å²) in [4.78, 5) is 11.0. The third-order valence-electron chi connectivity index (χ3n) is 1.53. The molecule has 0 saturated carbocycles. The molecule has 0 aromatic heterocycles. The number of amides is 1. The zero-order valence-electron chi connectivity index (χ0n) is 7.80. The number of nitrogens with one attached hydrogen (secondary N) is 3. The molecule has 0 saturated heterocycles. The summed E-state index contributed by atoms with van der Waals surface area (Å²) in [5.41, 5.74) is 6.19. The number of rotatable bonds is 4. The topological polar surface area (TPSA) is 53.2 Å². The van der Waals surface area contributed by atoms with Crippen molar-refractivity contribution < 1.29 is 4.79 Å².